The lowest BCUT2D eigenvalue weighted by Crippen LogP contribution is -2.33. The van der Waals surface area contributed by atoms with Crippen molar-refractivity contribution in [2.75, 3.05) is 13.2 Å². The Morgan fingerprint density at radius 1 is 1.33 bits per heavy atom. The molecule has 6 heteroatoms. The normalized spacial score (nSPS) is 14.3. The number of aliphatic carboxylic acids is 1. The molecule has 1 heterocycles. The molecule has 0 saturated heterocycles. The van der Waals surface area contributed by atoms with E-state index >= 15 is 0 Å². The molecule has 1 aromatic carbocycles. The summed E-state index contributed by atoms with van der Waals surface area (Å²) in [5.41, 5.74) is 0.442. The Hall–Kier alpha value is -2.24. The van der Waals surface area contributed by atoms with Crippen LogP contribution in [0.25, 0.3) is 0 Å². The summed E-state index contributed by atoms with van der Waals surface area (Å²) in [6.45, 7) is 2.75. The van der Waals surface area contributed by atoms with E-state index < -0.39 is 5.97 Å². The Morgan fingerprint density at radius 3 is 2.86 bits per heavy atom. The Bertz CT molecular complexity index is 529. The molecule has 1 aliphatic heterocycles. The zero-order valence-corrected chi connectivity index (χ0v) is 11.9. The van der Waals surface area contributed by atoms with Crippen LogP contribution in [-0.2, 0) is 4.79 Å². The van der Waals surface area contributed by atoms with Gasteiger partial charge >= 0.3 is 5.97 Å². The highest BCUT2D eigenvalue weighted by Gasteiger charge is 2.21. The molecule has 6 nitrogen and oxygen atoms in total. The van der Waals surface area contributed by atoms with Gasteiger partial charge in [-0.25, -0.2) is 0 Å². The zero-order chi connectivity index (χ0) is 15.2. The number of carbonyl (C=O) groups excluding carboxylic acids is 1. The van der Waals surface area contributed by atoms with Crippen LogP contribution >= 0.6 is 0 Å². The van der Waals surface area contributed by atoms with Crippen molar-refractivity contribution in [3.8, 4) is 11.5 Å². The Morgan fingerprint density at radius 2 is 2.10 bits per heavy atom. The third-order valence-corrected chi connectivity index (χ3v) is 3.22. The summed E-state index contributed by atoms with van der Waals surface area (Å²) in [6.07, 6.45) is 1.26. The summed E-state index contributed by atoms with van der Waals surface area (Å²) < 4.78 is 10.9. The average molecular weight is 293 g/mol. The maximum absolute atomic E-state index is 12.3. The topological polar surface area (TPSA) is 84.9 Å². The van der Waals surface area contributed by atoms with E-state index in [0.29, 0.717) is 43.1 Å². The first-order valence-corrected chi connectivity index (χ1v) is 6.99. The second kappa shape index (κ2) is 6.97. The van der Waals surface area contributed by atoms with E-state index in [4.69, 9.17) is 14.6 Å². The lowest BCUT2D eigenvalue weighted by Gasteiger charge is -2.21. The summed E-state index contributed by atoms with van der Waals surface area (Å²) in [5, 5.41) is 11.5. The van der Waals surface area contributed by atoms with Crippen molar-refractivity contribution in [1.82, 2.24) is 5.32 Å². The molecular weight excluding hydrogens is 274 g/mol. The molecule has 1 aromatic rings. The van der Waals surface area contributed by atoms with Gasteiger partial charge in [-0.15, -0.1) is 0 Å². The molecule has 0 bridgehead atoms. The minimum absolute atomic E-state index is 0.0998. The molecule has 2 N–H and O–H groups in total. The smallest absolute Gasteiger partial charge is 0.303 e. The fourth-order valence-electron chi connectivity index (χ4n) is 2.19. The molecule has 0 fully saturated rings. The summed E-state index contributed by atoms with van der Waals surface area (Å²) in [7, 11) is 0. The summed E-state index contributed by atoms with van der Waals surface area (Å²) in [6, 6.07) is 5.10. The van der Waals surface area contributed by atoms with Crippen LogP contribution < -0.4 is 14.8 Å². The van der Waals surface area contributed by atoms with E-state index in [0.717, 1.165) is 0 Å². The number of benzene rings is 1. The van der Waals surface area contributed by atoms with E-state index in [2.05, 4.69) is 5.32 Å². The maximum Gasteiger partial charge on any atom is 0.303 e. The van der Waals surface area contributed by atoms with E-state index in [9.17, 15) is 9.59 Å². The summed E-state index contributed by atoms with van der Waals surface area (Å²) >= 11 is 0. The standard InChI is InChI=1S/C15H19NO5/c1-10(4-2-7-13(17)18)16-15(19)11-5-3-6-12-14(11)21-9-8-20-12/h3,5-6,10H,2,4,7-9H2,1H3,(H,16,19)(H,17,18). The quantitative estimate of drug-likeness (QED) is 0.836. The molecule has 0 radical (unpaired) electrons. The number of rotatable bonds is 6. The molecule has 2 rings (SSSR count). The number of nitrogens with one attached hydrogen (secondary N) is 1. The Labute approximate surface area is 123 Å². The van der Waals surface area contributed by atoms with Gasteiger partial charge in [0.15, 0.2) is 11.5 Å². The molecular formula is C15H19NO5. The third kappa shape index (κ3) is 4.11. The zero-order valence-electron chi connectivity index (χ0n) is 11.9. The highest BCUT2D eigenvalue weighted by Crippen LogP contribution is 2.33. The Kier molecular flexibility index (Phi) is 5.03. The van der Waals surface area contributed by atoms with E-state index in [-0.39, 0.29) is 18.4 Å². The van der Waals surface area contributed by atoms with Crippen LogP contribution in [0.2, 0.25) is 0 Å². The number of carbonyl (C=O) groups is 2. The predicted octanol–water partition coefficient (Wildman–Crippen LogP) is 1.83. The molecule has 1 aliphatic rings. The number of para-hydroxylation sites is 1. The summed E-state index contributed by atoms with van der Waals surface area (Å²) in [4.78, 5) is 22.7. The number of amides is 1. The van der Waals surface area contributed by atoms with Crippen molar-refractivity contribution in [1.29, 1.82) is 0 Å². The molecule has 21 heavy (non-hydrogen) atoms. The van der Waals surface area contributed by atoms with Crippen molar-refractivity contribution in [3.63, 3.8) is 0 Å². The SMILES string of the molecule is CC(CCCC(=O)O)NC(=O)c1cccc2c1OCCO2. The lowest BCUT2D eigenvalue weighted by molar-refractivity contribution is -0.137. The number of carboxylic acid groups (broad SMARTS) is 1. The van der Waals surface area contributed by atoms with Gasteiger partial charge in [-0.2, -0.15) is 0 Å². The number of carboxylic acids is 1. The minimum Gasteiger partial charge on any atom is -0.486 e. The Balaban J connectivity index is 1.95. The second-order valence-corrected chi connectivity index (χ2v) is 4.99. The molecule has 114 valence electrons. The van der Waals surface area contributed by atoms with Crippen molar-refractivity contribution >= 4 is 11.9 Å². The van der Waals surface area contributed by atoms with Crippen LogP contribution in [0.1, 0.15) is 36.5 Å². The minimum atomic E-state index is -0.823. The van der Waals surface area contributed by atoms with Crippen LogP contribution in [0, 0.1) is 0 Å². The highest BCUT2D eigenvalue weighted by atomic mass is 16.6. The van der Waals surface area contributed by atoms with Gasteiger partial charge < -0.3 is 19.9 Å². The van der Waals surface area contributed by atoms with Crippen molar-refractivity contribution in [2.45, 2.75) is 32.2 Å². The van der Waals surface area contributed by atoms with Crippen LogP contribution in [0.5, 0.6) is 11.5 Å². The molecule has 1 unspecified atom stereocenters. The predicted molar refractivity (Wildman–Crippen MR) is 75.8 cm³/mol. The van der Waals surface area contributed by atoms with Crippen LogP contribution in [-0.4, -0.2) is 36.2 Å². The molecule has 1 amide bonds. The molecule has 0 saturated carbocycles. The number of hydrogen-bond donors (Lipinski definition) is 2. The van der Waals surface area contributed by atoms with E-state index in [1.165, 1.54) is 0 Å². The molecule has 0 aromatic heterocycles. The van der Waals surface area contributed by atoms with Gasteiger partial charge in [0.1, 0.15) is 13.2 Å². The van der Waals surface area contributed by atoms with Crippen molar-refractivity contribution in [2.24, 2.45) is 0 Å². The van der Waals surface area contributed by atoms with Gasteiger partial charge in [0.2, 0.25) is 0 Å². The number of hydrogen-bond acceptors (Lipinski definition) is 4. The lowest BCUT2D eigenvalue weighted by atomic mass is 10.1. The van der Waals surface area contributed by atoms with Crippen LogP contribution in [0.15, 0.2) is 18.2 Å². The van der Waals surface area contributed by atoms with Crippen molar-refractivity contribution in [3.05, 3.63) is 23.8 Å². The van der Waals surface area contributed by atoms with Gasteiger partial charge in [-0.3, -0.25) is 9.59 Å². The van der Waals surface area contributed by atoms with Crippen molar-refractivity contribution < 1.29 is 24.2 Å². The number of fused-ring (bicyclic) bond motifs is 1. The maximum atomic E-state index is 12.3. The van der Waals surface area contributed by atoms with Gasteiger partial charge in [-0.05, 0) is 31.9 Å². The van der Waals surface area contributed by atoms with Crippen LogP contribution in [0.4, 0.5) is 0 Å². The summed E-state index contributed by atoms with van der Waals surface area (Å²) in [5.74, 6) is -0.0113. The van der Waals surface area contributed by atoms with E-state index in [1.807, 2.05) is 6.92 Å². The fraction of sp³-hybridized carbons (Fsp3) is 0.467. The van der Waals surface area contributed by atoms with Crippen LogP contribution in [0.3, 0.4) is 0 Å². The second-order valence-electron chi connectivity index (χ2n) is 4.99. The fourth-order valence-corrected chi connectivity index (χ4v) is 2.19. The molecule has 1 atom stereocenters. The van der Waals surface area contributed by atoms with Gasteiger partial charge in [0, 0.05) is 12.5 Å². The first-order valence-electron chi connectivity index (χ1n) is 6.99. The van der Waals surface area contributed by atoms with Gasteiger partial charge in [0.25, 0.3) is 5.91 Å². The largest absolute Gasteiger partial charge is 0.486 e. The third-order valence-electron chi connectivity index (χ3n) is 3.22. The van der Waals surface area contributed by atoms with Gasteiger partial charge in [-0.1, -0.05) is 6.07 Å². The first-order chi connectivity index (χ1) is 10.1. The molecule has 0 aliphatic carbocycles. The number of ether oxygens (including phenoxy) is 2. The molecule has 0 spiro atoms. The highest BCUT2D eigenvalue weighted by molar-refractivity contribution is 5.98. The van der Waals surface area contributed by atoms with E-state index in [1.54, 1.807) is 18.2 Å². The average Bonchev–Trinajstić information content (AvgIpc) is 2.46. The first kappa shape index (κ1) is 15.2. The van der Waals surface area contributed by atoms with Gasteiger partial charge in [0.05, 0.1) is 5.56 Å². The monoisotopic (exact) mass is 293 g/mol.